The molecule has 0 aliphatic rings. The molecule has 6 heteroatoms. The minimum atomic E-state index is -4.59. The van der Waals surface area contributed by atoms with Crippen molar-refractivity contribution in [2.45, 2.75) is 18.8 Å². The van der Waals surface area contributed by atoms with Crippen LogP contribution in [0.3, 0.4) is 0 Å². The van der Waals surface area contributed by atoms with Gasteiger partial charge in [-0.05, 0) is 6.07 Å². The maximum absolute atomic E-state index is 12.0. The molecule has 0 bridgehead atoms. The van der Waals surface area contributed by atoms with Gasteiger partial charge < -0.3 is 15.2 Å². The quantitative estimate of drug-likeness (QED) is 0.834. The first kappa shape index (κ1) is 13.8. The molecule has 17 heavy (non-hydrogen) atoms. The topological polar surface area (TPSA) is 41.5 Å². The van der Waals surface area contributed by atoms with Crippen LogP contribution in [0.5, 0.6) is 5.75 Å². The highest BCUT2D eigenvalue weighted by molar-refractivity contribution is 5.32. The maximum atomic E-state index is 12.0. The molecule has 0 amide bonds. The van der Waals surface area contributed by atoms with Crippen molar-refractivity contribution in [1.82, 2.24) is 5.32 Å². The number of benzene rings is 1. The summed E-state index contributed by atoms with van der Waals surface area (Å²) < 4.78 is 41.1. The third kappa shape index (κ3) is 4.24. The second-order valence-electron chi connectivity index (χ2n) is 3.50. The highest BCUT2D eigenvalue weighted by atomic mass is 19.4. The molecule has 0 radical (unpaired) electrons. The summed E-state index contributed by atoms with van der Waals surface area (Å²) in [5.41, 5.74) is 0.740. The third-order valence-corrected chi connectivity index (χ3v) is 2.22. The number of aliphatic hydroxyl groups excluding tert-OH is 1. The molecule has 0 aliphatic carbocycles. The molecule has 3 nitrogen and oxygen atoms in total. The van der Waals surface area contributed by atoms with E-state index in [1.54, 1.807) is 24.3 Å². The molecular weight excluding hydrogens is 235 g/mol. The van der Waals surface area contributed by atoms with Crippen LogP contribution >= 0.6 is 0 Å². The van der Waals surface area contributed by atoms with E-state index in [9.17, 15) is 13.2 Å². The number of methoxy groups -OCH3 is 1. The average molecular weight is 249 g/mol. The number of hydrogen-bond acceptors (Lipinski definition) is 3. The van der Waals surface area contributed by atoms with E-state index in [-0.39, 0.29) is 6.54 Å². The molecule has 2 N–H and O–H groups in total. The number of para-hydroxylation sites is 1. The van der Waals surface area contributed by atoms with Gasteiger partial charge in [0.05, 0.1) is 7.11 Å². The lowest BCUT2D eigenvalue weighted by Gasteiger charge is -2.15. The summed E-state index contributed by atoms with van der Waals surface area (Å²) in [5.74, 6) is 0.599. The van der Waals surface area contributed by atoms with Crippen LogP contribution in [0.25, 0.3) is 0 Å². The van der Waals surface area contributed by atoms with Crippen LogP contribution < -0.4 is 10.1 Å². The summed E-state index contributed by atoms with van der Waals surface area (Å²) in [5, 5.41) is 11.3. The Morgan fingerprint density at radius 3 is 2.59 bits per heavy atom. The van der Waals surface area contributed by atoms with Crippen molar-refractivity contribution in [3.63, 3.8) is 0 Å². The maximum Gasteiger partial charge on any atom is 0.415 e. The zero-order valence-electron chi connectivity index (χ0n) is 9.29. The van der Waals surface area contributed by atoms with Gasteiger partial charge in [-0.2, -0.15) is 13.2 Å². The predicted octanol–water partition coefficient (Wildman–Crippen LogP) is 1.71. The lowest BCUT2D eigenvalue weighted by atomic mass is 10.2. The molecular formula is C11H14F3NO2. The van der Waals surface area contributed by atoms with Crippen LogP contribution in [0.4, 0.5) is 13.2 Å². The van der Waals surface area contributed by atoms with E-state index in [0.29, 0.717) is 5.75 Å². The van der Waals surface area contributed by atoms with Crippen molar-refractivity contribution in [2.24, 2.45) is 0 Å². The van der Waals surface area contributed by atoms with E-state index in [1.165, 1.54) is 7.11 Å². The minimum absolute atomic E-state index is 0.206. The number of nitrogens with one attached hydrogen (secondary N) is 1. The Kier molecular flexibility index (Phi) is 4.77. The molecule has 0 heterocycles. The first-order chi connectivity index (χ1) is 7.95. The first-order valence-corrected chi connectivity index (χ1v) is 5.02. The van der Waals surface area contributed by atoms with Crippen molar-refractivity contribution >= 4 is 0 Å². The van der Waals surface area contributed by atoms with Gasteiger partial charge in [0.15, 0.2) is 6.10 Å². The number of hydrogen-bond donors (Lipinski definition) is 2. The summed E-state index contributed by atoms with van der Waals surface area (Å²) in [6, 6.07) is 7.00. The standard InChI is InChI=1S/C11H14F3NO2/c1-17-9-5-3-2-4-8(9)6-15-7-10(16)11(12,13)14/h2-5,10,15-16H,6-7H2,1H3/t10-/m1/s1. The van der Waals surface area contributed by atoms with E-state index in [0.717, 1.165) is 5.56 Å². The Hall–Kier alpha value is -1.27. The summed E-state index contributed by atoms with van der Waals surface area (Å²) in [6.07, 6.45) is -6.94. The van der Waals surface area contributed by atoms with Crippen molar-refractivity contribution in [1.29, 1.82) is 0 Å². The lowest BCUT2D eigenvalue weighted by molar-refractivity contribution is -0.201. The zero-order valence-corrected chi connectivity index (χ0v) is 9.29. The number of rotatable bonds is 5. The summed E-state index contributed by atoms with van der Waals surface area (Å²) in [4.78, 5) is 0. The highest BCUT2D eigenvalue weighted by Crippen LogP contribution is 2.20. The summed E-state index contributed by atoms with van der Waals surface area (Å²) in [6.45, 7) is -0.335. The Labute approximate surface area is 97.2 Å². The van der Waals surface area contributed by atoms with Gasteiger partial charge in [-0.15, -0.1) is 0 Å². The molecule has 96 valence electrons. The molecule has 0 fully saturated rings. The Morgan fingerprint density at radius 1 is 1.35 bits per heavy atom. The van der Waals surface area contributed by atoms with Crippen LogP contribution in [0.2, 0.25) is 0 Å². The van der Waals surface area contributed by atoms with Crippen molar-refractivity contribution < 1.29 is 23.0 Å². The molecule has 1 atom stereocenters. The number of ether oxygens (including phenoxy) is 1. The van der Waals surface area contributed by atoms with Crippen molar-refractivity contribution in [2.75, 3.05) is 13.7 Å². The van der Waals surface area contributed by atoms with Gasteiger partial charge in [0.25, 0.3) is 0 Å². The van der Waals surface area contributed by atoms with E-state index in [2.05, 4.69) is 5.32 Å². The third-order valence-electron chi connectivity index (χ3n) is 2.22. The summed E-state index contributed by atoms with van der Waals surface area (Å²) in [7, 11) is 1.49. The summed E-state index contributed by atoms with van der Waals surface area (Å²) >= 11 is 0. The Morgan fingerprint density at radius 2 is 2.00 bits per heavy atom. The van der Waals surface area contributed by atoms with E-state index in [1.807, 2.05) is 0 Å². The molecule has 0 spiro atoms. The van der Waals surface area contributed by atoms with Crippen LogP contribution in [0.1, 0.15) is 5.56 Å². The van der Waals surface area contributed by atoms with Gasteiger partial charge in [-0.25, -0.2) is 0 Å². The number of alkyl halides is 3. The van der Waals surface area contributed by atoms with Gasteiger partial charge >= 0.3 is 6.18 Å². The monoisotopic (exact) mass is 249 g/mol. The second-order valence-corrected chi connectivity index (χ2v) is 3.50. The fourth-order valence-electron chi connectivity index (χ4n) is 1.31. The fraction of sp³-hybridized carbons (Fsp3) is 0.455. The van der Waals surface area contributed by atoms with Crippen LogP contribution in [-0.2, 0) is 6.54 Å². The van der Waals surface area contributed by atoms with Crippen molar-refractivity contribution in [3.05, 3.63) is 29.8 Å². The Bertz CT molecular complexity index is 355. The van der Waals surface area contributed by atoms with Crippen LogP contribution in [-0.4, -0.2) is 31.0 Å². The number of halogens is 3. The normalized spacial score (nSPS) is 13.5. The van der Waals surface area contributed by atoms with Gasteiger partial charge in [0, 0.05) is 18.7 Å². The number of aliphatic hydroxyl groups is 1. The molecule has 0 aromatic heterocycles. The van der Waals surface area contributed by atoms with E-state index < -0.39 is 18.8 Å². The lowest BCUT2D eigenvalue weighted by Crippen LogP contribution is -2.38. The average Bonchev–Trinajstić information content (AvgIpc) is 2.28. The van der Waals surface area contributed by atoms with Gasteiger partial charge in [-0.3, -0.25) is 0 Å². The molecule has 0 aliphatic heterocycles. The predicted molar refractivity (Wildman–Crippen MR) is 56.8 cm³/mol. The van der Waals surface area contributed by atoms with Gasteiger partial charge in [0.1, 0.15) is 5.75 Å². The molecule has 0 saturated carbocycles. The fourth-order valence-corrected chi connectivity index (χ4v) is 1.31. The van der Waals surface area contributed by atoms with E-state index >= 15 is 0 Å². The molecule has 1 rings (SSSR count). The first-order valence-electron chi connectivity index (χ1n) is 5.02. The second kappa shape index (κ2) is 5.88. The Balaban J connectivity index is 2.46. The molecule has 0 saturated heterocycles. The SMILES string of the molecule is COc1ccccc1CNC[C@@H](O)C(F)(F)F. The molecule has 0 unspecified atom stereocenters. The zero-order chi connectivity index (χ0) is 12.9. The molecule has 1 aromatic carbocycles. The van der Waals surface area contributed by atoms with E-state index in [4.69, 9.17) is 9.84 Å². The largest absolute Gasteiger partial charge is 0.496 e. The minimum Gasteiger partial charge on any atom is -0.496 e. The van der Waals surface area contributed by atoms with Crippen LogP contribution in [0, 0.1) is 0 Å². The van der Waals surface area contributed by atoms with Gasteiger partial charge in [-0.1, -0.05) is 18.2 Å². The van der Waals surface area contributed by atoms with Crippen LogP contribution in [0.15, 0.2) is 24.3 Å². The highest BCUT2D eigenvalue weighted by Gasteiger charge is 2.37. The van der Waals surface area contributed by atoms with Gasteiger partial charge in [0.2, 0.25) is 0 Å². The molecule has 1 aromatic rings. The smallest absolute Gasteiger partial charge is 0.415 e. The van der Waals surface area contributed by atoms with Crippen molar-refractivity contribution in [3.8, 4) is 5.75 Å².